The highest BCUT2D eigenvalue weighted by Gasteiger charge is 2.15. The van der Waals surface area contributed by atoms with Crippen LogP contribution in [-0.4, -0.2) is 0 Å². The smallest absolute Gasteiger partial charge is 0.186 e. The lowest BCUT2D eigenvalue weighted by molar-refractivity contribution is -0.669. The fraction of sp³-hybridized carbons (Fsp3) is 0.188. The first-order valence-electron chi connectivity index (χ1n) is 6.28. The Balaban J connectivity index is 2.22. The number of fused-ring (bicyclic) bond motifs is 1. The summed E-state index contributed by atoms with van der Waals surface area (Å²) in [4.78, 5) is 0. The standard InChI is InChI=1S/C16H16NS/c1-3-17-12(2)18-16-10-9-14(11-15(16)17)13-7-5-4-6-8-13/h4-11H,3H2,1-2H3/q+1. The summed E-state index contributed by atoms with van der Waals surface area (Å²) in [7, 11) is 0. The lowest BCUT2D eigenvalue weighted by atomic mass is 10.1. The quantitative estimate of drug-likeness (QED) is 0.604. The minimum Gasteiger partial charge on any atom is -0.186 e. The van der Waals surface area contributed by atoms with Gasteiger partial charge in [-0.15, -0.1) is 0 Å². The van der Waals surface area contributed by atoms with Crippen LogP contribution in [0.15, 0.2) is 48.5 Å². The Kier molecular flexibility index (Phi) is 2.88. The van der Waals surface area contributed by atoms with Gasteiger partial charge in [-0.2, -0.15) is 4.57 Å². The lowest BCUT2D eigenvalue weighted by Crippen LogP contribution is -2.33. The van der Waals surface area contributed by atoms with E-state index in [1.54, 1.807) is 0 Å². The van der Waals surface area contributed by atoms with Gasteiger partial charge in [-0.05, 0) is 24.1 Å². The third kappa shape index (κ3) is 1.83. The van der Waals surface area contributed by atoms with Crippen molar-refractivity contribution < 1.29 is 4.57 Å². The molecule has 90 valence electrons. The Morgan fingerprint density at radius 1 is 1.00 bits per heavy atom. The minimum absolute atomic E-state index is 1.03. The number of hydrogen-bond donors (Lipinski definition) is 0. The first-order valence-corrected chi connectivity index (χ1v) is 7.09. The van der Waals surface area contributed by atoms with Crippen molar-refractivity contribution in [3.05, 3.63) is 53.5 Å². The molecule has 0 unspecified atom stereocenters. The molecule has 2 heteroatoms. The zero-order chi connectivity index (χ0) is 12.5. The molecule has 1 nitrogen and oxygen atoms in total. The molecule has 0 radical (unpaired) electrons. The third-order valence-corrected chi connectivity index (χ3v) is 4.39. The molecule has 0 N–H and O–H groups in total. The minimum atomic E-state index is 1.03. The Morgan fingerprint density at radius 2 is 1.78 bits per heavy atom. The van der Waals surface area contributed by atoms with Crippen molar-refractivity contribution in [2.45, 2.75) is 20.4 Å². The Labute approximate surface area is 111 Å². The molecule has 0 fully saturated rings. The molecule has 0 saturated heterocycles. The van der Waals surface area contributed by atoms with Gasteiger partial charge in [-0.3, -0.25) is 0 Å². The van der Waals surface area contributed by atoms with E-state index < -0.39 is 0 Å². The predicted octanol–water partition coefficient (Wildman–Crippen LogP) is 4.18. The average Bonchev–Trinajstić information content (AvgIpc) is 2.74. The number of thiazole rings is 1. The highest BCUT2D eigenvalue weighted by atomic mass is 32.1. The summed E-state index contributed by atoms with van der Waals surface area (Å²) in [6.45, 7) is 5.43. The molecular weight excluding hydrogens is 238 g/mol. The van der Waals surface area contributed by atoms with Gasteiger partial charge >= 0.3 is 0 Å². The largest absolute Gasteiger partial charge is 0.235 e. The van der Waals surface area contributed by atoms with Crippen molar-refractivity contribution in [3.8, 4) is 11.1 Å². The van der Waals surface area contributed by atoms with Crippen molar-refractivity contribution in [2.75, 3.05) is 0 Å². The van der Waals surface area contributed by atoms with Crippen molar-refractivity contribution in [1.82, 2.24) is 0 Å². The van der Waals surface area contributed by atoms with Gasteiger partial charge in [0.05, 0.1) is 0 Å². The number of nitrogens with zero attached hydrogens (tertiary/aromatic N) is 1. The molecule has 2 aromatic carbocycles. The number of hydrogen-bond acceptors (Lipinski definition) is 1. The van der Waals surface area contributed by atoms with E-state index in [9.17, 15) is 0 Å². The first-order chi connectivity index (χ1) is 8.79. The van der Waals surface area contributed by atoms with Crippen LogP contribution in [0.2, 0.25) is 0 Å². The second-order valence-corrected chi connectivity index (χ2v) is 5.65. The van der Waals surface area contributed by atoms with E-state index in [0.717, 1.165) is 6.54 Å². The van der Waals surface area contributed by atoms with Crippen LogP contribution < -0.4 is 4.57 Å². The molecular formula is C16H16NS+. The molecule has 1 heterocycles. The number of benzene rings is 2. The van der Waals surface area contributed by atoms with Gasteiger partial charge in [0, 0.05) is 13.0 Å². The van der Waals surface area contributed by atoms with Crippen LogP contribution in [0.1, 0.15) is 11.9 Å². The highest BCUT2D eigenvalue weighted by Crippen LogP contribution is 2.26. The molecule has 3 aromatic rings. The molecule has 18 heavy (non-hydrogen) atoms. The summed E-state index contributed by atoms with van der Waals surface area (Å²) in [5, 5.41) is 1.37. The van der Waals surface area contributed by atoms with Gasteiger partial charge in [0.1, 0.15) is 11.2 Å². The fourth-order valence-corrected chi connectivity index (χ4v) is 3.47. The number of aryl methyl sites for hydroxylation is 2. The molecule has 0 saturated carbocycles. The second-order valence-electron chi connectivity index (χ2n) is 4.41. The Bertz CT molecular complexity index is 683. The van der Waals surface area contributed by atoms with Crippen LogP contribution in [0, 0.1) is 6.92 Å². The SMILES string of the molecule is CC[n+]1c(C)sc2ccc(-c3ccccc3)cc21. The van der Waals surface area contributed by atoms with Gasteiger partial charge in [0.25, 0.3) is 0 Å². The van der Waals surface area contributed by atoms with E-state index in [4.69, 9.17) is 0 Å². The fourth-order valence-electron chi connectivity index (χ4n) is 2.40. The maximum absolute atomic E-state index is 2.38. The molecule has 0 atom stereocenters. The summed E-state index contributed by atoms with van der Waals surface area (Å²) in [6.07, 6.45) is 0. The predicted molar refractivity (Wildman–Crippen MR) is 77.9 cm³/mol. The van der Waals surface area contributed by atoms with Crippen molar-refractivity contribution in [1.29, 1.82) is 0 Å². The van der Waals surface area contributed by atoms with Gasteiger partial charge in [0.2, 0.25) is 10.5 Å². The zero-order valence-electron chi connectivity index (χ0n) is 10.7. The molecule has 0 aliphatic rings. The first kappa shape index (κ1) is 11.4. The average molecular weight is 254 g/mol. The molecule has 0 aliphatic heterocycles. The van der Waals surface area contributed by atoms with Crippen LogP contribution in [0.5, 0.6) is 0 Å². The number of rotatable bonds is 2. The molecule has 0 amide bonds. The number of aromatic nitrogens is 1. The molecule has 0 aliphatic carbocycles. The van der Waals surface area contributed by atoms with Crippen LogP contribution in [0.3, 0.4) is 0 Å². The van der Waals surface area contributed by atoms with Crippen LogP contribution in [0.4, 0.5) is 0 Å². The van der Waals surface area contributed by atoms with Crippen molar-refractivity contribution >= 4 is 21.6 Å². The second kappa shape index (κ2) is 4.54. The summed E-state index contributed by atoms with van der Waals surface area (Å²) in [5.41, 5.74) is 3.93. The third-order valence-electron chi connectivity index (χ3n) is 3.31. The zero-order valence-corrected chi connectivity index (χ0v) is 11.5. The van der Waals surface area contributed by atoms with E-state index in [1.165, 1.54) is 26.4 Å². The van der Waals surface area contributed by atoms with Gasteiger partial charge in [-0.1, -0.05) is 47.7 Å². The van der Waals surface area contributed by atoms with E-state index in [0.29, 0.717) is 0 Å². The summed E-state index contributed by atoms with van der Waals surface area (Å²) < 4.78 is 3.75. The molecule has 0 spiro atoms. The van der Waals surface area contributed by atoms with E-state index >= 15 is 0 Å². The van der Waals surface area contributed by atoms with E-state index in [1.807, 2.05) is 11.3 Å². The summed E-state index contributed by atoms with van der Waals surface area (Å²) in [6, 6.07) is 17.3. The highest BCUT2D eigenvalue weighted by molar-refractivity contribution is 7.18. The summed E-state index contributed by atoms with van der Waals surface area (Å²) in [5.74, 6) is 0. The van der Waals surface area contributed by atoms with Gasteiger partial charge in [-0.25, -0.2) is 0 Å². The maximum atomic E-state index is 2.38. The lowest BCUT2D eigenvalue weighted by Gasteiger charge is -2.00. The van der Waals surface area contributed by atoms with Crippen molar-refractivity contribution in [3.63, 3.8) is 0 Å². The maximum Gasteiger partial charge on any atom is 0.235 e. The van der Waals surface area contributed by atoms with Crippen LogP contribution >= 0.6 is 11.3 Å². The van der Waals surface area contributed by atoms with Crippen LogP contribution in [-0.2, 0) is 6.54 Å². The van der Waals surface area contributed by atoms with Crippen molar-refractivity contribution in [2.24, 2.45) is 0 Å². The Hall–Kier alpha value is -1.67. The normalized spacial score (nSPS) is 11.0. The van der Waals surface area contributed by atoms with Gasteiger partial charge < -0.3 is 0 Å². The van der Waals surface area contributed by atoms with Crippen LogP contribution in [0.25, 0.3) is 21.3 Å². The monoisotopic (exact) mass is 254 g/mol. The Morgan fingerprint density at radius 3 is 2.50 bits per heavy atom. The molecule has 3 rings (SSSR count). The topological polar surface area (TPSA) is 3.88 Å². The van der Waals surface area contributed by atoms with E-state index in [-0.39, 0.29) is 0 Å². The van der Waals surface area contributed by atoms with Gasteiger partial charge in [0.15, 0.2) is 0 Å². The van der Waals surface area contributed by atoms with E-state index in [2.05, 4.69) is 66.9 Å². The summed E-state index contributed by atoms with van der Waals surface area (Å²) >= 11 is 1.87. The molecule has 0 bridgehead atoms. The molecule has 1 aromatic heterocycles.